The first-order chi connectivity index (χ1) is 26.5. The molecule has 55 heavy (non-hydrogen) atoms. The average molecular weight is 809 g/mol. The van der Waals surface area contributed by atoms with Crippen LogP contribution in [-0.4, -0.2) is 95.4 Å². The van der Waals surface area contributed by atoms with E-state index in [2.05, 4.69) is 13.8 Å². The largest absolute Gasteiger partial charge is 0.462 e. The molecule has 1 unspecified atom stereocenters. The van der Waals surface area contributed by atoms with Crippen LogP contribution in [0.25, 0.3) is 0 Å². The van der Waals surface area contributed by atoms with Crippen LogP contribution >= 0.6 is 7.60 Å². The number of esters is 2. The zero-order chi connectivity index (χ0) is 40.6. The van der Waals surface area contributed by atoms with Gasteiger partial charge in [0.1, 0.15) is 31.0 Å². The van der Waals surface area contributed by atoms with E-state index in [-0.39, 0.29) is 19.4 Å². The fourth-order valence-corrected chi connectivity index (χ4v) is 8.20. The van der Waals surface area contributed by atoms with Gasteiger partial charge in [0.2, 0.25) is 0 Å². The van der Waals surface area contributed by atoms with Gasteiger partial charge in [0, 0.05) is 20.0 Å². The molecule has 0 spiro atoms. The van der Waals surface area contributed by atoms with E-state index >= 15 is 0 Å². The summed E-state index contributed by atoms with van der Waals surface area (Å²) in [7, 11) is -3.26. The van der Waals surface area contributed by atoms with E-state index in [1.165, 1.54) is 123 Å². The summed E-state index contributed by atoms with van der Waals surface area (Å²) in [6.07, 6.45) is 21.8. The van der Waals surface area contributed by atoms with Crippen LogP contribution in [0.1, 0.15) is 194 Å². The number of carbonyl (C=O) groups is 2. The molecule has 1 heterocycles. The van der Waals surface area contributed by atoms with Crippen molar-refractivity contribution in [3.8, 4) is 0 Å². The van der Waals surface area contributed by atoms with E-state index in [1.807, 2.05) is 0 Å². The molecule has 7 atom stereocenters. The Labute approximate surface area is 333 Å². The van der Waals surface area contributed by atoms with Crippen LogP contribution in [0.2, 0.25) is 0 Å². The molecule has 1 aliphatic rings. The van der Waals surface area contributed by atoms with Crippen molar-refractivity contribution in [1.29, 1.82) is 0 Å². The standard InChI is InChI=1S/C42H81O12P/c1-4-6-8-10-12-14-16-18-20-22-24-26-28-30-37(43)51-32-35(33-52-55(48,49)34-36-39(45)40(46)41(47)42(50-3)54-36)53-38(44)31-29-27-25-23-21-19-17-15-13-11-9-7-5-2/h35-36,39-42,45-47H,4-34H2,1-3H3,(H,48,49)/t35-,36-,39+,40+,41-,42-/m1/s1. The zero-order valence-electron chi connectivity index (χ0n) is 34.9. The van der Waals surface area contributed by atoms with Crippen LogP contribution in [0.4, 0.5) is 0 Å². The molecular weight excluding hydrogens is 727 g/mol. The molecule has 326 valence electrons. The third kappa shape index (κ3) is 27.3. The summed E-state index contributed by atoms with van der Waals surface area (Å²) in [4.78, 5) is 35.9. The average Bonchev–Trinajstić information content (AvgIpc) is 3.16. The van der Waals surface area contributed by atoms with Gasteiger partial charge in [-0.2, -0.15) is 0 Å². The lowest BCUT2D eigenvalue weighted by Crippen LogP contribution is -2.58. The van der Waals surface area contributed by atoms with Crippen molar-refractivity contribution in [2.75, 3.05) is 26.5 Å². The Morgan fingerprint density at radius 2 is 0.982 bits per heavy atom. The lowest BCUT2D eigenvalue weighted by Gasteiger charge is -2.40. The quantitative estimate of drug-likeness (QED) is 0.0266. The van der Waals surface area contributed by atoms with Gasteiger partial charge in [0.05, 0.1) is 12.8 Å². The summed E-state index contributed by atoms with van der Waals surface area (Å²) >= 11 is 0. The first kappa shape index (κ1) is 51.9. The summed E-state index contributed by atoms with van der Waals surface area (Å²) in [6.45, 7) is 3.60. The molecule has 1 rings (SSSR count). The molecule has 1 saturated heterocycles. The molecule has 4 N–H and O–H groups in total. The van der Waals surface area contributed by atoms with Crippen molar-refractivity contribution in [1.82, 2.24) is 0 Å². The topological polar surface area (TPSA) is 178 Å². The highest BCUT2D eigenvalue weighted by atomic mass is 31.2. The van der Waals surface area contributed by atoms with Gasteiger partial charge in [-0.3, -0.25) is 14.2 Å². The normalized spacial score (nSPS) is 21.6. The van der Waals surface area contributed by atoms with E-state index in [0.29, 0.717) is 12.8 Å². The maximum atomic E-state index is 13.0. The highest BCUT2D eigenvalue weighted by molar-refractivity contribution is 7.52. The SMILES string of the molecule is CCCCCCCCCCCCCCCC(=O)OC[C@H](COP(=O)(O)C[C@H]1O[C@@H](OC)[C@H](O)[C@@H](O)[C@H]1O)OC(=O)CCCCCCCCCCCCCCC. The van der Waals surface area contributed by atoms with Crippen molar-refractivity contribution in [2.45, 2.75) is 230 Å². The van der Waals surface area contributed by atoms with E-state index in [0.717, 1.165) is 38.5 Å². The summed E-state index contributed by atoms with van der Waals surface area (Å²) < 4.78 is 39.6. The van der Waals surface area contributed by atoms with Crippen molar-refractivity contribution < 1.29 is 57.8 Å². The van der Waals surface area contributed by atoms with Crippen molar-refractivity contribution in [3.63, 3.8) is 0 Å². The number of carbonyl (C=O) groups excluding carboxylic acids is 2. The molecule has 0 bridgehead atoms. The molecule has 0 aromatic carbocycles. The number of aliphatic hydroxyl groups excluding tert-OH is 3. The monoisotopic (exact) mass is 809 g/mol. The second-order valence-corrected chi connectivity index (χ2v) is 17.5. The van der Waals surface area contributed by atoms with Crippen LogP contribution in [-0.2, 0) is 37.6 Å². The molecule has 1 aliphatic heterocycles. The number of hydrogen-bond donors (Lipinski definition) is 4. The van der Waals surface area contributed by atoms with Crippen LogP contribution in [0.3, 0.4) is 0 Å². The lowest BCUT2D eigenvalue weighted by molar-refractivity contribution is -0.285. The minimum absolute atomic E-state index is 0.165. The predicted molar refractivity (Wildman–Crippen MR) is 216 cm³/mol. The molecule has 0 saturated carbocycles. The van der Waals surface area contributed by atoms with E-state index in [4.69, 9.17) is 23.5 Å². The van der Waals surface area contributed by atoms with E-state index in [9.17, 15) is 34.4 Å². The molecular formula is C42H81O12P. The Bertz CT molecular complexity index is 982. The molecule has 0 aromatic rings. The van der Waals surface area contributed by atoms with Gasteiger partial charge in [0.15, 0.2) is 12.4 Å². The van der Waals surface area contributed by atoms with Crippen LogP contribution in [0.5, 0.6) is 0 Å². The first-order valence-electron chi connectivity index (χ1n) is 22.1. The summed E-state index contributed by atoms with van der Waals surface area (Å²) in [6, 6.07) is 0. The van der Waals surface area contributed by atoms with Gasteiger partial charge >= 0.3 is 19.5 Å². The Kier molecular flexibility index (Phi) is 31.9. The molecule has 13 heteroatoms. The Hall–Kier alpha value is -1.11. The summed E-state index contributed by atoms with van der Waals surface area (Å²) in [5.74, 6) is -0.951. The van der Waals surface area contributed by atoms with Crippen molar-refractivity contribution >= 4 is 19.5 Å². The number of unbranched alkanes of at least 4 members (excludes halogenated alkanes) is 24. The molecule has 0 aliphatic carbocycles. The van der Waals surface area contributed by atoms with Gasteiger partial charge in [-0.05, 0) is 12.8 Å². The highest BCUT2D eigenvalue weighted by Gasteiger charge is 2.46. The first-order valence-corrected chi connectivity index (χ1v) is 23.8. The third-order valence-corrected chi connectivity index (χ3v) is 11.8. The van der Waals surface area contributed by atoms with Crippen LogP contribution in [0, 0.1) is 0 Å². The second kappa shape index (κ2) is 33.8. The fourth-order valence-electron chi connectivity index (χ4n) is 6.94. The van der Waals surface area contributed by atoms with Gasteiger partial charge < -0.3 is 43.7 Å². The van der Waals surface area contributed by atoms with Gasteiger partial charge in [-0.1, -0.05) is 168 Å². The summed E-state index contributed by atoms with van der Waals surface area (Å²) in [5.41, 5.74) is 0. The van der Waals surface area contributed by atoms with Crippen molar-refractivity contribution in [2.24, 2.45) is 0 Å². The third-order valence-electron chi connectivity index (χ3n) is 10.5. The Balaban J connectivity index is 2.47. The minimum atomic E-state index is -4.49. The smallest absolute Gasteiger partial charge is 0.330 e. The van der Waals surface area contributed by atoms with Crippen LogP contribution < -0.4 is 0 Å². The van der Waals surface area contributed by atoms with Gasteiger partial charge in [-0.15, -0.1) is 0 Å². The molecule has 1 fully saturated rings. The molecule has 12 nitrogen and oxygen atoms in total. The minimum Gasteiger partial charge on any atom is -0.462 e. The lowest BCUT2D eigenvalue weighted by atomic mass is 10.00. The molecule has 0 aromatic heterocycles. The van der Waals surface area contributed by atoms with E-state index < -0.39 is 69.1 Å². The highest BCUT2D eigenvalue weighted by Crippen LogP contribution is 2.45. The number of rotatable bonds is 37. The molecule has 0 amide bonds. The Morgan fingerprint density at radius 1 is 0.582 bits per heavy atom. The predicted octanol–water partition coefficient (Wildman–Crippen LogP) is 9.06. The summed E-state index contributed by atoms with van der Waals surface area (Å²) in [5, 5.41) is 30.5. The molecule has 0 radical (unpaired) electrons. The number of ether oxygens (including phenoxy) is 4. The zero-order valence-corrected chi connectivity index (χ0v) is 35.8. The maximum absolute atomic E-state index is 13.0. The van der Waals surface area contributed by atoms with Gasteiger partial charge in [-0.25, -0.2) is 0 Å². The van der Waals surface area contributed by atoms with Crippen LogP contribution in [0.15, 0.2) is 0 Å². The second-order valence-electron chi connectivity index (χ2n) is 15.6. The van der Waals surface area contributed by atoms with E-state index in [1.54, 1.807) is 0 Å². The number of hydrogen-bond acceptors (Lipinski definition) is 11. The van der Waals surface area contributed by atoms with Crippen molar-refractivity contribution in [3.05, 3.63) is 0 Å². The van der Waals surface area contributed by atoms with Gasteiger partial charge in [0.25, 0.3) is 0 Å². The Morgan fingerprint density at radius 3 is 1.40 bits per heavy atom. The fraction of sp³-hybridized carbons (Fsp3) is 0.952. The number of aliphatic hydroxyl groups is 3. The number of methoxy groups -OCH3 is 1. The maximum Gasteiger partial charge on any atom is 0.330 e.